The lowest BCUT2D eigenvalue weighted by Gasteiger charge is -2.31. The van der Waals surface area contributed by atoms with Gasteiger partial charge in [-0.1, -0.05) is 12.1 Å². The number of hydrogen-bond acceptors (Lipinski definition) is 7. The predicted octanol–water partition coefficient (Wildman–Crippen LogP) is 3.00. The number of nitrogens with zero attached hydrogens (tertiary/aromatic N) is 2. The molecule has 1 heterocycles. The highest BCUT2D eigenvalue weighted by molar-refractivity contribution is 6.18. The molecule has 144 valence electrons. The number of carbonyl (C=O) groups is 2. The average Bonchev–Trinajstić information content (AvgIpc) is 2.64. The molecule has 8 nitrogen and oxygen atoms in total. The molecule has 1 aromatic rings. The van der Waals surface area contributed by atoms with E-state index in [0.29, 0.717) is 17.0 Å². The van der Waals surface area contributed by atoms with Crippen LogP contribution in [0.3, 0.4) is 0 Å². The standard InChI is InChI=1S/C18H19ClN2O6/c1-10-14(17(22)26-3)16(12-5-4-6-13(9-12)21(24)25)15(11(2)20-10)18(23)27-8-7-19/h4-6,9,14,16H,7-8H2,1-3H3. The van der Waals surface area contributed by atoms with Crippen LogP contribution in [0.25, 0.3) is 0 Å². The summed E-state index contributed by atoms with van der Waals surface area (Å²) in [5, 5.41) is 11.2. The van der Waals surface area contributed by atoms with Gasteiger partial charge in [-0.05, 0) is 19.4 Å². The van der Waals surface area contributed by atoms with E-state index in [4.69, 9.17) is 21.1 Å². The number of hydrogen-bond donors (Lipinski definition) is 0. The Morgan fingerprint density at radius 2 is 2.04 bits per heavy atom. The molecule has 2 unspecified atom stereocenters. The fourth-order valence-corrected chi connectivity index (χ4v) is 3.21. The molecule has 2 rings (SSSR count). The quantitative estimate of drug-likeness (QED) is 0.317. The summed E-state index contributed by atoms with van der Waals surface area (Å²) in [6.07, 6.45) is 0. The first-order valence-corrected chi connectivity index (χ1v) is 8.66. The number of esters is 2. The zero-order chi connectivity index (χ0) is 20.1. The summed E-state index contributed by atoms with van der Waals surface area (Å²) in [6, 6.07) is 5.79. The molecular formula is C18H19ClN2O6. The largest absolute Gasteiger partial charge is 0.468 e. The molecule has 27 heavy (non-hydrogen) atoms. The Hall–Kier alpha value is -2.74. The number of aliphatic imine (C=N–C) groups is 1. The van der Waals surface area contributed by atoms with Crippen LogP contribution < -0.4 is 0 Å². The number of halogens is 1. The molecule has 0 radical (unpaired) electrons. The molecular weight excluding hydrogens is 376 g/mol. The van der Waals surface area contributed by atoms with Crippen molar-refractivity contribution >= 4 is 34.9 Å². The van der Waals surface area contributed by atoms with Crippen LogP contribution in [0.15, 0.2) is 40.5 Å². The Morgan fingerprint density at radius 3 is 2.63 bits per heavy atom. The molecule has 1 aliphatic heterocycles. The minimum absolute atomic E-state index is 0.00951. The maximum atomic E-state index is 12.6. The van der Waals surface area contributed by atoms with Gasteiger partial charge in [-0.2, -0.15) is 0 Å². The third kappa shape index (κ3) is 4.33. The maximum Gasteiger partial charge on any atom is 0.336 e. The number of alkyl halides is 1. The van der Waals surface area contributed by atoms with Crippen molar-refractivity contribution in [3.05, 3.63) is 51.2 Å². The van der Waals surface area contributed by atoms with Gasteiger partial charge in [0.05, 0.1) is 23.5 Å². The van der Waals surface area contributed by atoms with E-state index in [9.17, 15) is 19.7 Å². The van der Waals surface area contributed by atoms with Crippen molar-refractivity contribution in [3.63, 3.8) is 0 Å². The molecule has 0 N–H and O–H groups in total. The Morgan fingerprint density at radius 1 is 1.33 bits per heavy atom. The van der Waals surface area contributed by atoms with Crippen LogP contribution in [0.1, 0.15) is 25.3 Å². The van der Waals surface area contributed by atoms with E-state index in [-0.39, 0.29) is 23.7 Å². The fraction of sp³-hybridized carbons (Fsp3) is 0.389. The van der Waals surface area contributed by atoms with Crippen molar-refractivity contribution in [1.29, 1.82) is 0 Å². The molecule has 0 bridgehead atoms. The van der Waals surface area contributed by atoms with Crippen molar-refractivity contribution in [2.24, 2.45) is 10.9 Å². The number of ether oxygens (including phenoxy) is 2. The fourth-order valence-electron chi connectivity index (χ4n) is 3.14. The lowest BCUT2D eigenvalue weighted by molar-refractivity contribution is -0.384. The average molecular weight is 395 g/mol. The second-order valence-electron chi connectivity index (χ2n) is 5.91. The third-order valence-corrected chi connectivity index (χ3v) is 4.41. The molecule has 1 aliphatic rings. The number of nitro benzene ring substituents is 1. The summed E-state index contributed by atoms with van der Waals surface area (Å²) in [6.45, 7) is 3.26. The smallest absolute Gasteiger partial charge is 0.336 e. The summed E-state index contributed by atoms with van der Waals surface area (Å²) in [5.41, 5.74) is 1.25. The van der Waals surface area contributed by atoms with E-state index in [2.05, 4.69) is 4.99 Å². The highest BCUT2D eigenvalue weighted by Gasteiger charge is 2.42. The van der Waals surface area contributed by atoms with E-state index >= 15 is 0 Å². The number of allylic oxidation sites excluding steroid dienone is 1. The maximum absolute atomic E-state index is 12.6. The normalized spacial score (nSPS) is 19.3. The zero-order valence-corrected chi connectivity index (χ0v) is 15.9. The van der Waals surface area contributed by atoms with E-state index < -0.39 is 28.7 Å². The Balaban J connectivity index is 2.64. The van der Waals surface area contributed by atoms with Crippen LogP contribution in [0.2, 0.25) is 0 Å². The lowest BCUT2D eigenvalue weighted by atomic mass is 9.75. The van der Waals surface area contributed by atoms with Crippen LogP contribution in [-0.4, -0.2) is 42.2 Å². The molecule has 0 saturated carbocycles. The highest BCUT2D eigenvalue weighted by Crippen LogP contribution is 2.40. The van der Waals surface area contributed by atoms with Crippen LogP contribution in [-0.2, 0) is 19.1 Å². The molecule has 0 spiro atoms. The Bertz CT molecular complexity index is 833. The van der Waals surface area contributed by atoms with Crippen molar-refractivity contribution in [1.82, 2.24) is 0 Å². The summed E-state index contributed by atoms with van der Waals surface area (Å²) in [5.74, 6) is -2.88. The number of nitro groups is 1. The van der Waals surface area contributed by atoms with Crippen molar-refractivity contribution in [3.8, 4) is 0 Å². The van der Waals surface area contributed by atoms with Gasteiger partial charge in [0, 0.05) is 29.5 Å². The number of methoxy groups -OCH3 is 1. The number of rotatable bonds is 6. The Kier molecular flexibility index (Phi) is 6.68. The van der Waals surface area contributed by atoms with E-state index in [1.54, 1.807) is 19.9 Å². The first-order valence-electron chi connectivity index (χ1n) is 8.13. The first-order chi connectivity index (χ1) is 12.8. The summed E-state index contributed by atoms with van der Waals surface area (Å²) in [7, 11) is 1.23. The van der Waals surface area contributed by atoms with Crippen molar-refractivity contribution in [2.45, 2.75) is 19.8 Å². The molecule has 0 fully saturated rings. The van der Waals surface area contributed by atoms with E-state index in [1.807, 2.05) is 0 Å². The topological polar surface area (TPSA) is 108 Å². The molecule has 1 aromatic carbocycles. The minimum Gasteiger partial charge on any atom is -0.468 e. The van der Waals surface area contributed by atoms with Crippen molar-refractivity contribution in [2.75, 3.05) is 19.6 Å². The third-order valence-electron chi connectivity index (χ3n) is 4.25. The SMILES string of the molecule is COC(=O)C1C(C)=NC(C)=C(C(=O)OCCCl)C1c1cccc([N+](=O)[O-])c1. The monoisotopic (exact) mass is 394 g/mol. The second kappa shape index (κ2) is 8.77. The summed E-state index contributed by atoms with van der Waals surface area (Å²) in [4.78, 5) is 40.0. The molecule has 2 atom stereocenters. The van der Waals surface area contributed by atoms with Gasteiger partial charge in [-0.15, -0.1) is 11.6 Å². The minimum atomic E-state index is -0.903. The Labute approximate surface area is 161 Å². The van der Waals surface area contributed by atoms with Gasteiger partial charge < -0.3 is 9.47 Å². The molecule has 0 aromatic heterocycles. The molecule has 0 saturated heterocycles. The van der Waals surface area contributed by atoms with Gasteiger partial charge in [-0.25, -0.2) is 4.79 Å². The van der Waals surface area contributed by atoms with Crippen LogP contribution in [0.5, 0.6) is 0 Å². The van der Waals surface area contributed by atoms with Crippen molar-refractivity contribution < 1.29 is 24.0 Å². The van der Waals surface area contributed by atoms with Crippen LogP contribution >= 0.6 is 11.6 Å². The predicted molar refractivity (Wildman–Crippen MR) is 98.8 cm³/mol. The van der Waals surface area contributed by atoms with E-state index in [0.717, 1.165) is 0 Å². The molecule has 0 aliphatic carbocycles. The van der Waals surface area contributed by atoms with Crippen LogP contribution in [0.4, 0.5) is 5.69 Å². The highest BCUT2D eigenvalue weighted by atomic mass is 35.5. The van der Waals surface area contributed by atoms with Gasteiger partial charge in [-0.3, -0.25) is 19.9 Å². The molecule has 9 heteroatoms. The first kappa shape index (κ1) is 20.6. The van der Waals surface area contributed by atoms with Gasteiger partial charge >= 0.3 is 11.9 Å². The van der Waals surface area contributed by atoms with E-state index in [1.165, 1.54) is 25.3 Å². The second-order valence-corrected chi connectivity index (χ2v) is 6.29. The lowest BCUT2D eigenvalue weighted by Crippen LogP contribution is -2.36. The number of benzene rings is 1. The zero-order valence-electron chi connectivity index (χ0n) is 15.1. The van der Waals surface area contributed by atoms with Gasteiger partial charge in [0.2, 0.25) is 0 Å². The molecule has 0 amide bonds. The number of non-ortho nitro benzene ring substituents is 1. The number of carbonyl (C=O) groups excluding carboxylic acids is 2. The summed E-state index contributed by atoms with van der Waals surface area (Å²) >= 11 is 5.58. The van der Waals surface area contributed by atoms with Gasteiger partial charge in [0.1, 0.15) is 12.5 Å². The van der Waals surface area contributed by atoms with Gasteiger partial charge in [0.15, 0.2) is 0 Å². The van der Waals surface area contributed by atoms with Crippen LogP contribution in [0, 0.1) is 16.0 Å². The van der Waals surface area contributed by atoms with Gasteiger partial charge in [0.25, 0.3) is 5.69 Å². The summed E-state index contributed by atoms with van der Waals surface area (Å²) < 4.78 is 10.0.